The highest BCUT2D eigenvalue weighted by Crippen LogP contribution is 2.35. The molecule has 0 fully saturated rings. The molecule has 0 aromatic heterocycles. The Kier molecular flexibility index (Phi) is 5.76. The highest BCUT2D eigenvalue weighted by atomic mass is 16.5. The van der Waals surface area contributed by atoms with Gasteiger partial charge in [-0.3, -0.25) is 9.59 Å². The van der Waals surface area contributed by atoms with Gasteiger partial charge >= 0.3 is 0 Å². The predicted molar refractivity (Wildman–Crippen MR) is 104 cm³/mol. The van der Waals surface area contributed by atoms with Gasteiger partial charge in [0.2, 0.25) is 11.8 Å². The van der Waals surface area contributed by atoms with Gasteiger partial charge in [-0.25, -0.2) is 0 Å². The van der Waals surface area contributed by atoms with Crippen molar-refractivity contribution in [2.45, 2.75) is 12.8 Å². The molecular formula is C21H22N2O4. The zero-order chi connectivity index (χ0) is 19.2. The first-order chi connectivity index (χ1) is 13.1. The van der Waals surface area contributed by atoms with E-state index in [4.69, 9.17) is 9.47 Å². The zero-order valence-electron chi connectivity index (χ0n) is 15.2. The van der Waals surface area contributed by atoms with Gasteiger partial charge in [-0.05, 0) is 42.3 Å². The number of carbonyl (C=O) groups excluding carboxylic acids is 2. The van der Waals surface area contributed by atoms with Gasteiger partial charge < -0.3 is 19.7 Å². The van der Waals surface area contributed by atoms with Crippen molar-refractivity contribution in [3.63, 3.8) is 0 Å². The minimum atomic E-state index is -0.249. The summed E-state index contributed by atoms with van der Waals surface area (Å²) in [7, 11) is 1.60. The molecule has 140 valence electrons. The lowest BCUT2D eigenvalue weighted by molar-refractivity contribution is -0.118. The van der Waals surface area contributed by atoms with E-state index in [2.05, 4.69) is 11.9 Å². The minimum absolute atomic E-state index is 0.0498. The number of benzene rings is 2. The molecule has 6 nitrogen and oxygen atoms in total. The monoisotopic (exact) mass is 366 g/mol. The van der Waals surface area contributed by atoms with Gasteiger partial charge in [0.05, 0.1) is 19.3 Å². The van der Waals surface area contributed by atoms with E-state index in [-0.39, 0.29) is 11.8 Å². The van der Waals surface area contributed by atoms with E-state index in [0.717, 1.165) is 11.3 Å². The zero-order valence-corrected chi connectivity index (χ0v) is 15.2. The Morgan fingerprint density at radius 3 is 2.74 bits per heavy atom. The fraction of sp³-hybridized carbons (Fsp3) is 0.238. The largest absolute Gasteiger partial charge is 0.497 e. The third-order valence-electron chi connectivity index (χ3n) is 4.37. The molecule has 1 aliphatic heterocycles. The van der Waals surface area contributed by atoms with Crippen LogP contribution in [0.5, 0.6) is 11.5 Å². The molecule has 0 saturated carbocycles. The lowest BCUT2D eigenvalue weighted by Crippen LogP contribution is -2.38. The molecule has 0 saturated heterocycles. The summed E-state index contributed by atoms with van der Waals surface area (Å²) in [6.45, 7) is 4.42. The fourth-order valence-corrected chi connectivity index (χ4v) is 2.92. The number of rotatable bonds is 6. The van der Waals surface area contributed by atoms with Crippen molar-refractivity contribution in [1.82, 2.24) is 0 Å². The second kappa shape index (κ2) is 8.40. The van der Waals surface area contributed by atoms with Gasteiger partial charge in [-0.1, -0.05) is 18.7 Å². The predicted octanol–water partition coefficient (Wildman–Crippen LogP) is 3.18. The van der Waals surface area contributed by atoms with Gasteiger partial charge in [-0.2, -0.15) is 0 Å². The second-order valence-electron chi connectivity index (χ2n) is 6.12. The average molecular weight is 366 g/mol. The Hall–Kier alpha value is -3.28. The van der Waals surface area contributed by atoms with Crippen molar-refractivity contribution in [2.75, 3.05) is 30.5 Å². The number of hydrogen-bond donors (Lipinski definition) is 1. The van der Waals surface area contributed by atoms with E-state index in [0.29, 0.717) is 43.2 Å². The summed E-state index contributed by atoms with van der Waals surface area (Å²) in [5, 5.41) is 2.70. The number of ether oxygens (including phenoxy) is 2. The van der Waals surface area contributed by atoms with Crippen LogP contribution in [0.3, 0.4) is 0 Å². The third kappa shape index (κ3) is 4.47. The Morgan fingerprint density at radius 1 is 1.26 bits per heavy atom. The quantitative estimate of drug-likeness (QED) is 0.798. The van der Waals surface area contributed by atoms with Crippen LogP contribution in [-0.4, -0.2) is 32.1 Å². The number of hydrogen-bond acceptors (Lipinski definition) is 4. The van der Waals surface area contributed by atoms with Gasteiger partial charge in [0.15, 0.2) is 0 Å². The summed E-state index contributed by atoms with van der Waals surface area (Å²) < 4.78 is 10.9. The molecule has 1 aliphatic rings. The molecule has 0 bridgehead atoms. The van der Waals surface area contributed by atoms with Gasteiger partial charge in [0.1, 0.15) is 18.1 Å². The molecular weight excluding hydrogens is 344 g/mol. The standard InChI is InChI=1S/C21H22N2O4/c1-3-20(24)22-16-7-4-15(5-8-16)6-11-21(25)23-12-13-27-19-14-17(26-2)9-10-18(19)23/h3-5,7-10,14H,1,6,11-13H2,2H3,(H,22,24). The van der Waals surface area contributed by atoms with Crippen LogP contribution in [0.15, 0.2) is 55.1 Å². The normalized spacial score (nSPS) is 12.6. The molecule has 1 heterocycles. The topological polar surface area (TPSA) is 67.9 Å². The van der Waals surface area contributed by atoms with E-state index in [1.807, 2.05) is 36.4 Å². The first-order valence-electron chi connectivity index (χ1n) is 8.74. The Balaban J connectivity index is 1.62. The summed E-state index contributed by atoms with van der Waals surface area (Å²) in [5.74, 6) is 1.16. The Bertz CT molecular complexity index is 846. The molecule has 0 atom stereocenters. The number of nitrogens with zero attached hydrogens (tertiary/aromatic N) is 1. The summed E-state index contributed by atoms with van der Waals surface area (Å²) >= 11 is 0. The van der Waals surface area contributed by atoms with Crippen LogP contribution in [-0.2, 0) is 16.0 Å². The molecule has 0 spiro atoms. The third-order valence-corrected chi connectivity index (χ3v) is 4.37. The highest BCUT2D eigenvalue weighted by molar-refractivity contribution is 5.99. The maximum Gasteiger partial charge on any atom is 0.247 e. The summed E-state index contributed by atoms with van der Waals surface area (Å²) in [6, 6.07) is 12.9. The van der Waals surface area contributed by atoms with Gasteiger partial charge in [-0.15, -0.1) is 0 Å². The van der Waals surface area contributed by atoms with E-state index >= 15 is 0 Å². The molecule has 2 aromatic rings. The van der Waals surface area contributed by atoms with E-state index in [1.54, 1.807) is 18.1 Å². The molecule has 3 rings (SSSR count). The van der Waals surface area contributed by atoms with Gasteiger partial charge in [0, 0.05) is 18.2 Å². The van der Waals surface area contributed by atoms with Crippen molar-refractivity contribution in [2.24, 2.45) is 0 Å². The maximum absolute atomic E-state index is 12.7. The molecule has 2 aromatic carbocycles. The lowest BCUT2D eigenvalue weighted by atomic mass is 10.1. The second-order valence-corrected chi connectivity index (χ2v) is 6.12. The number of aryl methyl sites for hydroxylation is 1. The van der Waals surface area contributed by atoms with E-state index in [1.165, 1.54) is 6.08 Å². The Morgan fingerprint density at radius 2 is 2.04 bits per heavy atom. The number of anilines is 2. The van der Waals surface area contributed by atoms with Crippen LogP contribution >= 0.6 is 0 Å². The van der Waals surface area contributed by atoms with Crippen LogP contribution in [0.2, 0.25) is 0 Å². The SMILES string of the molecule is C=CC(=O)Nc1ccc(CCC(=O)N2CCOc3cc(OC)ccc32)cc1. The maximum atomic E-state index is 12.7. The number of amides is 2. The summed E-state index contributed by atoms with van der Waals surface area (Å²) in [4.78, 5) is 25.8. The molecule has 0 radical (unpaired) electrons. The average Bonchev–Trinajstić information content (AvgIpc) is 2.72. The molecule has 0 aliphatic carbocycles. The summed E-state index contributed by atoms with van der Waals surface area (Å²) in [6.07, 6.45) is 2.24. The number of nitrogens with one attached hydrogen (secondary N) is 1. The molecule has 0 unspecified atom stereocenters. The van der Waals surface area contributed by atoms with Crippen molar-refractivity contribution < 1.29 is 19.1 Å². The first kappa shape index (κ1) is 18.5. The number of fused-ring (bicyclic) bond motifs is 1. The molecule has 2 amide bonds. The smallest absolute Gasteiger partial charge is 0.247 e. The van der Waals surface area contributed by atoms with Crippen molar-refractivity contribution in [3.05, 3.63) is 60.7 Å². The highest BCUT2D eigenvalue weighted by Gasteiger charge is 2.23. The van der Waals surface area contributed by atoms with E-state index < -0.39 is 0 Å². The lowest BCUT2D eigenvalue weighted by Gasteiger charge is -2.29. The first-order valence-corrected chi connectivity index (χ1v) is 8.74. The molecule has 1 N–H and O–H groups in total. The molecule has 6 heteroatoms. The van der Waals surface area contributed by atoms with Crippen LogP contribution in [0, 0.1) is 0 Å². The minimum Gasteiger partial charge on any atom is -0.497 e. The fourth-order valence-electron chi connectivity index (χ4n) is 2.92. The van der Waals surface area contributed by atoms with Crippen LogP contribution in [0.1, 0.15) is 12.0 Å². The van der Waals surface area contributed by atoms with Crippen LogP contribution in [0.25, 0.3) is 0 Å². The van der Waals surface area contributed by atoms with Crippen LogP contribution < -0.4 is 19.7 Å². The van der Waals surface area contributed by atoms with Crippen LogP contribution in [0.4, 0.5) is 11.4 Å². The van der Waals surface area contributed by atoms with Crippen molar-refractivity contribution in [1.29, 1.82) is 0 Å². The molecule has 27 heavy (non-hydrogen) atoms. The number of methoxy groups -OCH3 is 1. The Labute approximate surface area is 158 Å². The van der Waals surface area contributed by atoms with E-state index in [9.17, 15) is 9.59 Å². The van der Waals surface area contributed by atoms with Crippen molar-refractivity contribution in [3.8, 4) is 11.5 Å². The van der Waals surface area contributed by atoms with Crippen molar-refractivity contribution >= 4 is 23.2 Å². The van der Waals surface area contributed by atoms with Gasteiger partial charge in [0.25, 0.3) is 0 Å². The number of carbonyl (C=O) groups is 2. The summed E-state index contributed by atoms with van der Waals surface area (Å²) in [5.41, 5.74) is 2.50.